The SMILES string of the molecule is CC(C)C(NC(=O)OC(C)(C)C)C(=O)N1CCC[C@H]1c1c[nH]c(-c2ccc(C3CCC(c4c[nH]c([C@H]5CCCN5C(=O)[C@@H](NC(=O)OC(C)(C)C)C(C)C)n4)CC3)cc2)n1. The van der Waals surface area contributed by atoms with Gasteiger partial charge in [0.2, 0.25) is 11.8 Å². The Balaban J connectivity index is 1.03. The number of likely N-dealkylation sites (tertiary alicyclic amines) is 2. The maximum atomic E-state index is 13.8. The van der Waals surface area contributed by atoms with Crippen molar-refractivity contribution in [2.75, 3.05) is 13.1 Å². The Morgan fingerprint density at radius 2 is 1.13 bits per heavy atom. The fourth-order valence-electron chi connectivity index (χ4n) is 8.93. The molecule has 60 heavy (non-hydrogen) atoms. The molecule has 0 spiro atoms. The summed E-state index contributed by atoms with van der Waals surface area (Å²) < 4.78 is 10.9. The van der Waals surface area contributed by atoms with E-state index in [0.29, 0.717) is 24.9 Å². The maximum Gasteiger partial charge on any atom is 0.408 e. The van der Waals surface area contributed by atoms with Crippen LogP contribution in [-0.2, 0) is 19.1 Å². The van der Waals surface area contributed by atoms with Crippen LogP contribution in [0.25, 0.3) is 11.4 Å². The van der Waals surface area contributed by atoms with Crippen LogP contribution in [0.15, 0.2) is 36.7 Å². The fraction of sp³-hybridized carbons (Fsp3) is 0.652. The predicted octanol–water partition coefficient (Wildman–Crippen LogP) is 8.67. The van der Waals surface area contributed by atoms with Gasteiger partial charge < -0.3 is 39.9 Å². The lowest BCUT2D eigenvalue weighted by atomic mass is 9.77. The number of benzene rings is 1. The summed E-state index contributed by atoms with van der Waals surface area (Å²) in [5, 5.41) is 5.64. The van der Waals surface area contributed by atoms with E-state index in [1.54, 1.807) is 20.8 Å². The number of hydrogen-bond donors (Lipinski definition) is 4. The van der Waals surface area contributed by atoms with Crippen LogP contribution < -0.4 is 10.6 Å². The van der Waals surface area contributed by atoms with Crippen molar-refractivity contribution in [1.29, 1.82) is 0 Å². The van der Waals surface area contributed by atoms with Crippen LogP contribution in [-0.4, -0.2) is 90.1 Å². The van der Waals surface area contributed by atoms with E-state index in [0.717, 1.165) is 80.0 Å². The van der Waals surface area contributed by atoms with Gasteiger partial charge in [-0.05, 0) is 116 Å². The Morgan fingerprint density at radius 3 is 1.65 bits per heavy atom. The van der Waals surface area contributed by atoms with Gasteiger partial charge in [0.25, 0.3) is 0 Å². The van der Waals surface area contributed by atoms with Gasteiger partial charge >= 0.3 is 12.2 Å². The van der Waals surface area contributed by atoms with Crippen molar-refractivity contribution in [1.82, 2.24) is 40.4 Å². The number of aromatic nitrogens is 4. The van der Waals surface area contributed by atoms with E-state index in [1.165, 1.54) is 5.56 Å². The van der Waals surface area contributed by atoms with Crippen LogP contribution in [0.1, 0.15) is 167 Å². The molecule has 4 N–H and O–H groups in total. The predicted molar refractivity (Wildman–Crippen MR) is 230 cm³/mol. The van der Waals surface area contributed by atoms with E-state index in [2.05, 4.69) is 44.9 Å². The summed E-state index contributed by atoms with van der Waals surface area (Å²) in [5.74, 6) is 1.95. The number of ether oxygens (including phenoxy) is 2. The highest BCUT2D eigenvalue weighted by molar-refractivity contribution is 5.87. The van der Waals surface area contributed by atoms with Gasteiger partial charge in [0.1, 0.15) is 34.9 Å². The molecule has 1 aliphatic carbocycles. The summed E-state index contributed by atoms with van der Waals surface area (Å²) in [5.41, 5.74) is 2.87. The van der Waals surface area contributed by atoms with E-state index in [4.69, 9.17) is 19.4 Å². The van der Waals surface area contributed by atoms with Gasteiger partial charge in [-0.25, -0.2) is 19.6 Å². The Morgan fingerprint density at radius 1 is 0.650 bits per heavy atom. The number of nitrogens with one attached hydrogen (secondary N) is 4. The van der Waals surface area contributed by atoms with Gasteiger partial charge in [-0.1, -0.05) is 52.0 Å². The van der Waals surface area contributed by atoms with Gasteiger partial charge in [0.15, 0.2) is 0 Å². The van der Waals surface area contributed by atoms with Crippen LogP contribution in [0.3, 0.4) is 0 Å². The summed E-state index contributed by atoms with van der Waals surface area (Å²) in [4.78, 5) is 73.4. The lowest BCUT2D eigenvalue weighted by molar-refractivity contribution is -0.136. The topological polar surface area (TPSA) is 175 Å². The lowest BCUT2D eigenvalue weighted by Gasteiger charge is -2.31. The van der Waals surface area contributed by atoms with Crippen molar-refractivity contribution in [2.24, 2.45) is 11.8 Å². The third kappa shape index (κ3) is 10.9. The molecule has 4 heterocycles. The van der Waals surface area contributed by atoms with Crippen LogP contribution in [0.5, 0.6) is 0 Å². The molecule has 0 bridgehead atoms. The highest BCUT2D eigenvalue weighted by atomic mass is 16.6. The number of alkyl carbamates (subject to hydrolysis) is 2. The molecule has 3 fully saturated rings. The molecule has 0 radical (unpaired) electrons. The van der Waals surface area contributed by atoms with Crippen molar-refractivity contribution in [3.05, 3.63) is 59.4 Å². The number of amides is 4. The quantitative estimate of drug-likeness (QED) is 0.149. The molecule has 4 atom stereocenters. The second-order valence-electron chi connectivity index (χ2n) is 19.7. The minimum atomic E-state index is -0.696. The summed E-state index contributed by atoms with van der Waals surface area (Å²) in [6, 6.07) is 6.97. The molecule has 2 saturated heterocycles. The number of aromatic amines is 2. The molecule has 4 amide bonds. The molecule has 2 aliphatic heterocycles. The standard InChI is InChI=1S/C46H68N8O6/c1-27(2)37(51-43(57)59-45(5,6)7)41(55)53-23-11-13-35(53)34-26-47-39(50-34)32-21-17-30(18-22-32)29-15-19-31(20-16-29)33-25-48-40(49-33)36-14-12-24-54(36)42(56)38(28(3)4)52-44(58)60-46(8,9)10/h17-18,21-22,25-29,31,35-38H,11-16,19-20,23-24H2,1-10H3,(H,47,50)(H,48,49)(H,51,57)(H,52,58)/t29?,31?,35-,36+,37?,38-/m0/s1. The first-order valence-electron chi connectivity index (χ1n) is 22.1. The molecular formula is C46H68N8O6. The molecule has 3 aliphatic rings. The first kappa shape index (κ1) is 44.7. The second-order valence-corrected chi connectivity index (χ2v) is 19.7. The molecule has 14 heteroatoms. The molecular weight excluding hydrogens is 761 g/mol. The normalized spacial score (nSPS) is 22.2. The molecule has 1 unspecified atom stereocenters. The monoisotopic (exact) mass is 829 g/mol. The first-order chi connectivity index (χ1) is 28.3. The van der Waals surface area contributed by atoms with Crippen LogP contribution in [0, 0.1) is 11.8 Å². The minimum absolute atomic E-state index is 0.101. The van der Waals surface area contributed by atoms with Crippen molar-refractivity contribution >= 4 is 24.0 Å². The zero-order valence-electron chi connectivity index (χ0n) is 37.4. The van der Waals surface area contributed by atoms with E-state index in [-0.39, 0.29) is 35.7 Å². The number of imidazole rings is 2. The number of carbonyl (C=O) groups is 4. The number of nitrogens with zero attached hydrogens (tertiary/aromatic N) is 4. The minimum Gasteiger partial charge on any atom is -0.444 e. The third-order valence-electron chi connectivity index (χ3n) is 12.0. The van der Waals surface area contributed by atoms with Gasteiger partial charge in [-0.15, -0.1) is 0 Å². The van der Waals surface area contributed by atoms with E-state index in [9.17, 15) is 19.2 Å². The van der Waals surface area contributed by atoms with Gasteiger partial charge in [-0.3, -0.25) is 9.59 Å². The van der Waals surface area contributed by atoms with Crippen molar-refractivity contribution in [3.63, 3.8) is 0 Å². The van der Waals surface area contributed by atoms with Gasteiger partial charge in [0, 0.05) is 37.0 Å². The highest BCUT2D eigenvalue weighted by Crippen LogP contribution is 2.41. The number of rotatable bonds is 11. The molecule has 1 aromatic carbocycles. The highest BCUT2D eigenvalue weighted by Gasteiger charge is 2.40. The average Bonchev–Trinajstić information content (AvgIpc) is 4.01. The molecule has 2 aromatic heterocycles. The second kappa shape index (κ2) is 18.4. The van der Waals surface area contributed by atoms with Crippen LogP contribution in [0.4, 0.5) is 9.59 Å². The smallest absolute Gasteiger partial charge is 0.408 e. The van der Waals surface area contributed by atoms with E-state index < -0.39 is 35.5 Å². The zero-order valence-corrected chi connectivity index (χ0v) is 37.4. The molecule has 1 saturated carbocycles. The van der Waals surface area contributed by atoms with Crippen LogP contribution in [0.2, 0.25) is 0 Å². The Kier molecular flexibility index (Phi) is 13.7. The zero-order chi connectivity index (χ0) is 43.5. The summed E-state index contributed by atoms with van der Waals surface area (Å²) in [7, 11) is 0. The number of H-pyrrole nitrogens is 2. The number of carbonyl (C=O) groups excluding carboxylic acids is 4. The summed E-state index contributed by atoms with van der Waals surface area (Å²) in [6.07, 6.45) is 10.3. The maximum absolute atomic E-state index is 13.8. The first-order valence-corrected chi connectivity index (χ1v) is 22.1. The lowest BCUT2D eigenvalue weighted by Crippen LogP contribution is -2.52. The van der Waals surface area contributed by atoms with Gasteiger partial charge in [-0.2, -0.15) is 0 Å². The molecule has 6 rings (SSSR count). The molecule has 3 aromatic rings. The summed E-state index contributed by atoms with van der Waals surface area (Å²) in [6.45, 7) is 19.8. The van der Waals surface area contributed by atoms with Crippen molar-refractivity contribution < 1.29 is 28.7 Å². The van der Waals surface area contributed by atoms with Crippen molar-refractivity contribution in [2.45, 2.75) is 168 Å². The third-order valence-corrected chi connectivity index (χ3v) is 12.0. The fourth-order valence-corrected chi connectivity index (χ4v) is 8.93. The van der Waals surface area contributed by atoms with Gasteiger partial charge in [0.05, 0.1) is 23.5 Å². The number of hydrogen-bond acceptors (Lipinski definition) is 8. The summed E-state index contributed by atoms with van der Waals surface area (Å²) >= 11 is 0. The van der Waals surface area contributed by atoms with E-state index in [1.807, 2.05) is 70.7 Å². The Bertz CT molecular complexity index is 1950. The van der Waals surface area contributed by atoms with Crippen LogP contribution >= 0.6 is 0 Å². The average molecular weight is 829 g/mol. The van der Waals surface area contributed by atoms with E-state index >= 15 is 0 Å². The van der Waals surface area contributed by atoms with Crippen molar-refractivity contribution in [3.8, 4) is 11.4 Å². The molecule has 328 valence electrons. The Hall–Kier alpha value is -4.88. The Labute approximate surface area is 355 Å². The largest absolute Gasteiger partial charge is 0.444 e. The molecule has 14 nitrogen and oxygen atoms in total.